The predicted molar refractivity (Wildman–Crippen MR) is 222 cm³/mol. The largest absolute Gasteiger partial charge is 0.309 e. The van der Waals surface area contributed by atoms with E-state index >= 15 is 0 Å². The van der Waals surface area contributed by atoms with E-state index in [1.807, 2.05) is 12.4 Å². The van der Waals surface area contributed by atoms with Crippen LogP contribution in [-0.2, 0) is 0 Å². The number of hydrogen-bond donors (Lipinski definition) is 0. The molecule has 4 heterocycles. The Morgan fingerprint density at radius 3 is 1.16 bits per heavy atom. The van der Waals surface area contributed by atoms with Crippen LogP contribution in [0.15, 0.2) is 79.6 Å². The molecule has 0 atom stereocenters. The molecule has 4 aromatic carbocycles. The zero-order valence-electron chi connectivity index (χ0n) is 33.0. The first-order valence-corrected chi connectivity index (χ1v) is 18.5. The lowest BCUT2D eigenvalue weighted by Gasteiger charge is -2.35. The van der Waals surface area contributed by atoms with Gasteiger partial charge < -0.3 is 4.90 Å². The molecule has 0 N–H and O–H groups in total. The van der Waals surface area contributed by atoms with Crippen LogP contribution in [0.3, 0.4) is 0 Å². The van der Waals surface area contributed by atoms with Crippen LogP contribution >= 0.6 is 0 Å². The van der Waals surface area contributed by atoms with Gasteiger partial charge >= 0.3 is 0 Å². The Kier molecular flexibility index (Phi) is 8.88. The average Bonchev–Trinajstić information content (AvgIpc) is 3.18. The summed E-state index contributed by atoms with van der Waals surface area (Å²) in [5.41, 5.74) is 23.3. The number of hydrogen-bond acceptors (Lipinski definition) is 9. The van der Waals surface area contributed by atoms with Crippen LogP contribution in [0.25, 0.3) is 56.2 Å². The average molecular weight is 722 g/mol. The fourth-order valence-corrected chi connectivity index (χ4v) is 8.10. The Balaban J connectivity index is 1.36. The molecule has 4 aromatic heterocycles. The van der Waals surface area contributed by atoms with Gasteiger partial charge in [0, 0.05) is 41.6 Å². The van der Waals surface area contributed by atoms with Crippen molar-refractivity contribution >= 4 is 39.7 Å². The minimum Gasteiger partial charge on any atom is -0.309 e. The molecule has 9 nitrogen and oxygen atoms in total. The van der Waals surface area contributed by atoms with Crippen molar-refractivity contribution in [3.8, 4) is 33.6 Å². The normalized spacial score (nSPS) is 11.5. The van der Waals surface area contributed by atoms with E-state index in [2.05, 4.69) is 147 Å². The minimum absolute atomic E-state index is 0.532. The van der Waals surface area contributed by atoms with E-state index in [1.165, 1.54) is 22.3 Å². The number of nitrogens with zero attached hydrogens (tertiary/aromatic N) is 9. The van der Waals surface area contributed by atoms with Gasteiger partial charge in [0.25, 0.3) is 0 Å². The molecule has 0 spiro atoms. The van der Waals surface area contributed by atoms with Gasteiger partial charge in [0.1, 0.15) is 0 Å². The molecule has 8 aromatic rings. The summed E-state index contributed by atoms with van der Waals surface area (Å²) >= 11 is 0. The maximum absolute atomic E-state index is 4.93. The van der Waals surface area contributed by atoms with E-state index in [0.29, 0.717) is 22.6 Å². The lowest BCUT2D eigenvalue weighted by atomic mass is 9.87. The Hall–Kier alpha value is -6.48. The van der Waals surface area contributed by atoms with Crippen LogP contribution in [0, 0.1) is 69.2 Å². The van der Waals surface area contributed by atoms with Crippen molar-refractivity contribution in [3.05, 3.63) is 135 Å². The fraction of sp³-hybridized carbons (Fsp3) is 0.217. The van der Waals surface area contributed by atoms with Gasteiger partial charge in [0.2, 0.25) is 0 Å². The highest BCUT2D eigenvalue weighted by Crippen LogP contribution is 2.49. The SMILES string of the molecule is Cc1cc(C)cc(-c2ccc(N(c3c(C)c(C)c(-c4cnc5nccnc5n4)c(C)c3C)c3c(C)c(C)c(-c4cnc5nccnc5n4)c(C)c3C)cc2)c1. The van der Waals surface area contributed by atoms with E-state index in [0.717, 1.165) is 84.1 Å². The van der Waals surface area contributed by atoms with Crippen molar-refractivity contribution in [1.82, 2.24) is 39.9 Å². The van der Waals surface area contributed by atoms with Crippen LogP contribution in [-0.4, -0.2) is 39.9 Å². The highest BCUT2D eigenvalue weighted by molar-refractivity contribution is 5.91. The molecular weight excluding hydrogens is 679 g/mol. The molecule has 9 heteroatoms. The van der Waals surface area contributed by atoms with Crippen LogP contribution in [0.1, 0.15) is 55.6 Å². The van der Waals surface area contributed by atoms with Crippen molar-refractivity contribution in [2.24, 2.45) is 0 Å². The molecule has 0 fully saturated rings. The molecule has 8 rings (SSSR count). The van der Waals surface area contributed by atoms with Crippen molar-refractivity contribution in [1.29, 1.82) is 0 Å². The summed E-state index contributed by atoms with van der Waals surface area (Å²) < 4.78 is 0. The van der Waals surface area contributed by atoms with Crippen molar-refractivity contribution in [2.45, 2.75) is 69.2 Å². The molecule has 272 valence electrons. The zero-order chi connectivity index (χ0) is 38.7. The van der Waals surface area contributed by atoms with Gasteiger partial charge in [-0.25, -0.2) is 39.9 Å². The number of fused-ring (bicyclic) bond motifs is 2. The van der Waals surface area contributed by atoms with Crippen LogP contribution in [0.4, 0.5) is 17.1 Å². The van der Waals surface area contributed by atoms with E-state index in [4.69, 9.17) is 9.97 Å². The summed E-state index contributed by atoms with van der Waals surface area (Å²) in [6, 6.07) is 15.7. The molecule has 0 aliphatic heterocycles. The standard InChI is InChI=1S/C46H43N9/c1-24-19-25(2)21-35(20-24)34-11-13-36(14-12-34)55(41-30(7)26(3)39(27(4)31(41)8)37-22-51-43-45(53-37)49-17-15-47-43)42-32(9)28(5)40(29(6)33(42)10)38-23-52-44-46(54-38)50-18-16-48-44/h11-23H,1-10H3. The van der Waals surface area contributed by atoms with Gasteiger partial charge in [-0.15, -0.1) is 0 Å². The predicted octanol–water partition coefficient (Wildman–Crippen LogP) is 10.7. The van der Waals surface area contributed by atoms with Gasteiger partial charge in [-0.1, -0.05) is 41.5 Å². The third-order valence-corrected chi connectivity index (χ3v) is 11.2. The van der Waals surface area contributed by atoms with Crippen LogP contribution < -0.4 is 4.90 Å². The topological polar surface area (TPSA) is 106 Å². The van der Waals surface area contributed by atoms with E-state index in [1.54, 1.807) is 24.8 Å². The summed E-state index contributed by atoms with van der Waals surface area (Å²) in [4.78, 5) is 39.2. The summed E-state index contributed by atoms with van der Waals surface area (Å²) in [5.74, 6) is 0. The second kappa shape index (κ2) is 13.7. The van der Waals surface area contributed by atoms with E-state index in [9.17, 15) is 0 Å². The monoisotopic (exact) mass is 721 g/mol. The Labute approximate surface area is 321 Å². The number of anilines is 3. The zero-order valence-corrected chi connectivity index (χ0v) is 33.0. The summed E-state index contributed by atoms with van der Waals surface area (Å²) in [6.07, 6.45) is 10.2. The Bertz CT molecular complexity index is 2600. The highest BCUT2D eigenvalue weighted by atomic mass is 15.2. The van der Waals surface area contributed by atoms with Crippen molar-refractivity contribution in [3.63, 3.8) is 0 Å². The second-order valence-electron chi connectivity index (χ2n) is 14.6. The smallest absolute Gasteiger partial charge is 0.198 e. The summed E-state index contributed by atoms with van der Waals surface area (Å²) in [5, 5.41) is 0. The molecule has 0 saturated heterocycles. The third kappa shape index (κ3) is 6.06. The molecule has 0 aliphatic carbocycles. The lowest BCUT2D eigenvalue weighted by Crippen LogP contribution is -2.18. The first-order valence-electron chi connectivity index (χ1n) is 18.5. The van der Waals surface area contributed by atoms with E-state index < -0.39 is 0 Å². The van der Waals surface area contributed by atoms with Crippen LogP contribution in [0.2, 0.25) is 0 Å². The quantitative estimate of drug-likeness (QED) is 0.166. The Morgan fingerprint density at radius 2 is 0.764 bits per heavy atom. The first-order chi connectivity index (χ1) is 26.4. The number of aromatic nitrogens is 8. The number of rotatable bonds is 6. The highest BCUT2D eigenvalue weighted by Gasteiger charge is 2.28. The molecule has 0 radical (unpaired) electrons. The van der Waals surface area contributed by atoms with Crippen LogP contribution in [0.5, 0.6) is 0 Å². The first kappa shape index (κ1) is 35.5. The molecule has 0 amide bonds. The Morgan fingerprint density at radius 1 is 0.382 bits per heavy atom. The molecule has 0 saturated carbocycles. The third-order valence-electron chi connectivity index (χ3n) is 11.2. The molecule has 0 unspecified atom stereocenters. The fourth-order valence-electron chi connectivity index (χ4n) is 8.10. The van der Waals surface area contributed by atoms with Gasteiger partial charge in [0.15, 0.2) is 22.6 Å². The molecule has 0 bridgehead atoms. The maximum atomic E-state index is 4.93. The molecule has 55 heavy (non-hydrogen) atoms. The van der Waals surface area contributed by atoms with Crippen molar-refractivity contribution in [2.75, 3.05) is 4.90 Å². The van der Waals surface area contributed by atoms with Gasteiger partial charge in [0.05, 0.1) is 35.2 Å². The van der Waals surface area contributed by atoms with Crippen molar-refractivity contribution < 1.29 is 0 Å². The minimum atomic E-state index is 0.532. The number of aryl methyl sites for hydroxylation is 2. The summed E-state index contributed by atoms with van der Waals surface area (Å²) in [7, 11) is 0. The van der Waals surface area contributed by atoms with Gasteiger partial charge in [-0.2, -0.15) is 0 Å². The molecular formula is C46H43N9. The molecule has 0 aliphatic rings. The number of benzene rings is 4. The second-order valence-corrected chi connectivity index (χ2v) is 14.6. The maximum Gasteiger partial charge on any atom is 0.198 e. The van der Waals surface area contributed by atoms with Gasteiger partial charge in [-0.05, 0) is 137 Å². The lowest BCUT2D eigenvalue weighted by molar-refractivity contribution is 1.11. The van der Waals surface area contributed by atoms with Gasteiger partial charge in [-0.3, -0.25) is 0 Å². The van der Waals surface area contributed by atoms with E-state index in [-0.39, 0.29) is 0 Å². The summed E-state index contributed by atoms with van der Waals surface area (Å²) in [6.45, 7) is 21.9.